The minimum atomic E-state index is -1.00. The van der Waals surface area contributed by atoms with Crippen LogP contribution in [0.4, 0.5) is 0 Å². The number of nitrogens with one attached hydrogen (secondary N) is 2. The molecular formula is C18H20N4O3. The topological polar surface area (TPSA) is 108 Å². The van der Waals surface area contributed by atoms with Crippen molar-refractivity contribution >= 4 is 22.8 Å². The van der Waals surface area contributed by atoms with Crippen LogP contribution in [0.3, 0.4) is 0 Å². The van der Waals surface area contributed by atoms with E-state index in [1.165, 1.54) is 6.92 Å². The molecule has 1 fully saturated rings. The van der Waals surface area contributed by atoms with E-state index >= 15 is 0 Å². The number of esters is 1. The second-order valence-corrected chi connectivity index (χ2v) is 6.41. The van der Waals surface area contributed by atoms with Crippen molar-refractivity contribution in [2.45, 2.75) is 50.7 Å². The van der Waals surface area contributed by atoms with E-state index in [-0.39, 0.29) is 5.69 Å². The summed E-state index contributed by atoms with van der Waals surface area (Å²) < 4.78 is 5.25. The molecular weight excluding hydrogens is 320 g/mol. The molecule has 1 heterocycles. The van der Waals surface area contributed by atoms with E-state index in [0.717, 1.165) is 24.8 Å². The van der Waals surface area contributed by atoms with Gasteiger partial charge in [-0.3, -0.25) is 9.89 Å². The average Bonchev–Trinajstić information content (AvgIpc) is 3.06. The van der Waals surface area contributed by atoms with Crippen LogP contribution in [0.15, 0.2) is 24.3 Å². The number of hydrogen-bond donors (Lipinski definition) is 2. The summed E-state index contributed by atoms with van der Waals surface area (Å²) in [6.45, 7) is 1.50. The normalized spacial score (nSPS) is 17.4. The fraction of sp³-hybridized carbons (Fsp3) is 0.444. The Hall–Kier alpha value is -2.88. The maximum atomic E-state index is 12.4. The highest BCUT2D eigenvalue weighted by molar-refractivity contribution is 6.02. The van der Waals surface area contributed by atoms with Gasteiger partial charge in [0, 0.05) is 5.39 Å². The number of rotatable bonds is 4. The summed E-state index contributed by atoms with van der Waals surface area (Å²) in [6, 6.07) is 9.40. The molecule has 1 aromatic carbocycles. The van der Waals surface area contributed by atoms with Gasteiger partial charge in [0.25, 0.3) is 5.91 Å². The predicted octanol–water partition coefficient (Wildman–Crippen LogP) is 2.45. The van der Waals surface area contributed by atoms with Crippen LogP contribution in [0.5, 0.6) is 0 Å². The van der Waals surface area contributed by atoms with Crippen LogP contribution >= 0.6 is 0 Å². The number of fused-ring (bicyclic) bond motifs is 1. The van der Waals surface area contributed by atoms with Gasteiger partial charge in [0.05, 0.1) is 11.6 Å². The first-order valence-electron chi connectivity index (χ1n) is 8.42. The fourth-order valence-corrected chi connectivity index (χ4v) is 3.15. The summed E-state index contributed by atoms with van der Waals surface area (Å²) >= 11 is 0. The lowest BCUT2D eigenvalue weighted by atomic mass is 9.83. The molecule has 0 bridgehead atoms. The second kappa shape index (κ2) is 6.93. The van der Waals surface area contributed by atoms with Crippen molar-refractivity contribution in [2.24, 2.45) is 0 Å². The van der Waals surface area contributed by atoms with Crippen molar-refractivity contribution in [2.75, 3.05) is 0 Å². The van der Waals surface area contributed by atoms with Gasteiger partial charge in [-0.2, -0.15) is 10.4 Å². The van der Waals surface area contributed by atoms with Crippen LogP contribution in [0, 0.1) is 11.3 Å². The van der Waals surface area contributed by atoms with Crippen LogP contribution < -0.4 is 5.32 Å². The lowest BCUT2D eigenvalue weighted by Gasteiger charge is -2.32. The molecule has 1 saturated carbocycles. The highest BCUT2D eigenvalue weighted by Gasteiger charge is 2.35. The predicted molar refractivity (Wildman–Crippen MR) is 90.5 cm³/mol. The Balaban J connectivity index is 1.67. The standard InChI is InChI=1S/C18H20N4O3/c1-12(16(23)20-18(11-19)9-5-2-6-10-18)25-17(24)15-13-7-3-4-8-14(13)21-22-15/h3-4,7-8,12H,2,5-6,9-10H2,1H3,(H,20,23)(H,21,22). The van der Waals surface area contributed by atoms with Gasteiger partial charge < -0.3 is 10.1 Å². The highest BCUT2D eigenvalue weighted by Crippen LogP contribution is 2.27. The van der Waals surface area contributed by atoms with E-state index in [4.69, 9.17) is 4.74 Å². The summed E-state index contributed by atoms with van der Waals surface area (Å²) in [4.78, 5) is 24.7. The average molecular weight is 340 g/mol. The van der Waals surface area contributed by atoms with Gasteiger partial charge in [-0.1, -0.05) is 37.5 Å². The molecule has 130 valence electrons. The summed E-state index contributed by atoms with van der Waals surface area (Å²) in [5.74, 6) is -1.13. The van der Waals surface area contributed by atoms with Gasteiger partial charge in [-0.25, -0.2) is 4.79 Å². The van der Waals surface area contributed by atoms with Crippen LogP contribution in [-0.2, 0) is 9.53 Å². The Kier molecular flexibility index (Phi) is 4.70. The molecule has 2 N–H and O–H groups in total. The van der Waals surface area contributed by atoms with E-state index in [0.29, 0.717) is 18.2 Å². The van der Waals surface area contributed by atoms with Crippen molar-refractivity contribution in [3.63, 3.8) is 0 Å². The third-order valence-corrected chi connectivity index (χ3v) is 4.60. The maximum absolute atomic E-state index is 12.4. The number of carbonyl (C=O) groups is 2. The van der Waals surface area contributed by atoms with E-state index in [1.807, 2.05) is 6.07 Å². The molecule has 0 saturated heterocycles. The van der Waals surface area contributed by atoms with Crippen molar-refractivity contribution in [3.05, 3.63) is 30.0 Å². The van der Waals surface area contributed by atoms with Crippen molar-refractivity contribution < 1.29 is 14.3 Å². The molecule has 3 rings (SSSR count). The number of H-pyrrole nitrogens is 1. The smallest absolute Gasteiger partial charge is 0.360 e. The number of carbonyl (C=O) groups excluding carboxylic acids is 2. The third kappa shape index (κ3) is 3.48. The number of amides is 1. The SMILES string of the molecule is CC(OC(=O)c1n[nH]c2ccccc12)C(=O)NC1(C#N)CCCCC1. The van der Waals surface area contributed by atoms with Gasteiger partial charge in [-0.15, -0.1) is 0 Å². The van der Waals surface area contributed by atoms with E-state index < -0.39 is 23.5 Å². The Morgan fingerprint density at radius 2 is 2.04 bits per heavy atom. The molecule has 0 radical (unpaired) electrons. The number of hydrogen-bond acceptors (Lipinski definition) is 5. The molecule has 0 aliphatic heterocycles. The Bertz CT molecular complexity index is 830. The zero-order valence-electron chi connectivity index (χ0n) is 14.0. The molecule has 25 heavy (non-hydrogen) atoms. The minimum Gasteiger partial charge on any atom is -0.448 e. The summed E-state index contributed by atoms with van der Waals surface area (Å²) in [5.41, 5.74) is 0.00906. The highest BCUT2D eigenvalue weighted by atomic mass is 16.5. The monoisotopic (exact) mass is 340 g/mol. The molecule has 1 amide bonds. The number of nitrogens with zero attached hydrogens (tertiary/aromatic N) is 2. The minimum absolute atomic E-state index is 0.142. The van der Waals surface area contributed by atoms with Crippen LogP contribution in [-0.4, -0.2) is 33.7 Å². The largest absolute Gasteiger partial charge is 0.448 e. The molecule has 1 aliphatic carbocycles. The molecule has 1 aromatic heterocycles. The zero-order valence-corrected chi connectivity index (χ0v) is 14.0. The van der Waals surface area contributed by atoms with Gasteiger partial charge in [0.1, 0.15) is 5.54 Å². The first-order chi connectivity index (χ1) is 12.0. The fourth-order valence-electron chi connectivity index (χ4n) is 3.15. The summed E-state index contributed by atoms with van der Waals surface area (Å²) in [7, 11) is 0. The quantitative estimate of drug-likeness (QED) is 0.831. The number of aromatic nitrogens is 2. The first kappa shape index (κ1) is 17.0. The van der Waals surface area contributed by atoms with Gasteiger partial charge >= 0.3 is 5.97 Å². The third-order valence-electron chi connectivity index (χ3n) is 4.60. The van der Waals surface area contributed by atoms with Crippen molar-refractivity contribution in [1.29, 1.82) is 5.26 Å². The van der Waals surface area contributed by atoms with E-state index in [2.05, 4.69) is 21.6 Å². The summed E-state index contributed by atoms with van der Waals surface area (Å²) in [6.07, 6.45) is 3.12. The Labute approximate surface area is 145 Å². The van der Waals surface area contributed by atoms with E-state index in [1.54, 1.807) is 18.2 Å². The molecule has 7 nitrogen and oxygen atoms in total. The molecule has 2 aromatic rings. The molecule has 7 heteroatoms. The van der Waals surface area contributed by atoms with Gasteiger partial charge in [-0.05, 0) is 25.8 Å². The molecule has 1 aliphatic rings. The summed E-state index contributed by atoms with van der Waals surface area (Å²) in [5, 5.41) is 19.6. The molecule has 0 spiro atoms. The van der Waals surface area contributed by atoms with E-state index in [9.17, 15) is 14.9 Å². The Morgan fingerprint density at radius 1 is 1.32 bits per heavy atom. The number of ether oxygens (including phenoxy) is 1. The van der Waals surface area contributed by atoms with Gasteiger partial charge in [0.15, 0.2) is 11.8 Å². The lowest BCUT2D eigenvalue weighted by Crippen LogP contribution is -2.52. The molecule has 1 atom stereocenters. The van der Waals surface area contributed by atoms with Crippen LogP contribution in [0.25, 0.3) is 10.9 Å². The number of aromatic amines is 1. The number of benzene rings is 1. The van der Waals surface area contributed by atoms with Crippen LogP contribution in [0.2, 0.25) is 0 Å². The van der Waals surface area contributed by atoms with Crippen molar-refractivity contribution in [1.82, 2.24) is 15.5 Å². The first-order valence-corrected chi connectivity index (χ1v) is 8.42. The van der Waals surface area contributed by atoms with Gasteiger partial charge in [0.2, 0.25) is 0 Å². The Morgan fingerprint density at radius 3 is 2.76 bits per heavy atom. The second-order valence-electron chi connectivity index (χ2n) is 6.41. The lowest BCUT2D eigenvalue weighted by molar-refractivity contribution is -0.130. The maximum Gasteiger partial charge on any atom is 0.360 e. The molecule has 1 unspecified atom stereocenters. The number of nitriles is 1. The van der Waals surface area contributed by atoms with Crippen molar-refractivity contribution in [3.8, 4) is 6.07 Å². The van der Waals surface area contributed by atoms with Crippen LogP contribution in [0.1, 0.15) is 49.5 Å². The number of para-hydroxylation sites is 1. The zero-order chi connectivity index (χ0) is 17.9.